The lowest BCUT2D eigenvalue weighted by atomic mass is 10.1. The molecule has 0 unspecified atom stereocenters. The summed E-state index contributed by atoms with van der Waals surface area (Å²) in [7, 11) is 0. The van der Waals surface area contributed by atoms with Gasteiger partial charge in [-0.3, -0.25) is 9.59 Å². The van der Waals surface area contributed by atoms with Crippen molar-refractivity contribution < 1.29 is 9.18 Å². The predicted molar refractivity (Wildman–Crippen MR) is 95.5 cm³/mol. The molecular formula is C19H18FN3O2. The molecule has 1 amide bonds. The van der Waals surface area contributed by atoms with Gasteiger partial charge < -0.3 is 9.88 Å². The number of nitrogens with one attached hydrogen (secondary N) is 1. The Bertz CT molecular complexity index is 1040. The highest BCUT2D eigenvalue weighted by Gasteiger charge is 2.16. The third-order valence-corrected chi connectivity index (χ3v) is 4.08. The van der Waals surface area contributed by atoms with E-state index in [0.717, 1.165) is 5.69 Å². The molecule has 6 heteroatoms. The van der Waals surface area contributed by atoms with Gasteiger partial charge in [-0.2, -0.15) is 0 Å². The molecule has 0 aliphatic rings. The maximum atomic E-state index is 13.7. The molecule has 0 aliphatic carbocycles. The standard InChI is InChI=1S/C19H18FN3O2/c1-4-23-10-15(17(24)14-8-6-12(3)21-18(14)23)19(25)22-13-7-5-11(2)16(20)9-13/h5-10H,4H2,1-3H3,(H,22,25). The number of rotatable bonds is 3. The molecular weight excluding hydrogens is 321 g/mol. The monoisotopic (exact) mass is 339 g/mol. The fraction of sp³-hybridized carbons (Fsp3) is 0.211. The molecule has 128 valence electrons. The van der Waals surface area contributed by atoms with Crippen LogP contribution in [0.2, 0.25) is 0 Å². The maximum absolute atomic E-state index is 13.7. The number of halogens is 1. The summed E-state index contributed by atoms with van der Waals surface area (Å²) >= 11 is 0. The van der Waals surface area contributed by atoms with Crippen molar-refractivity contribution in [2.24, 2.45) is 0 Å². The molecule has 0 bridgehead atoms. The molecule has 0 saturated carbocycles. The Morgan fingerprint density at radius 2 is 2.00 bits per heavy atom. The van der Waals surface area contributed by atoms with Crippen LogP contribution in [0.4, 0.5) is 10.1 Å². The van der Waals surface area contributed by atoms with Crippen molar-refractivity contribution in [1.29, 1.82) is 0 Å². The van der Waals surface area contributed by atoms with Gasteiger partial charge in [0.05, 0.1) is 5.39 Å². The van der Waals surface area contributed by atoms with E-state index >= 15 is 0 Å². The zero-order valence-electron chi connectivity index (χ0n) is 14.3. The number of carbonyl (C=O) groups excluding carboxylic acids is 1. The fourth-order valence-electron chi connectivity index (χ4n) is 2.63. The molecule has 3 aromatic rings. The van der Waals surface area contributed by atoms with E-state index in [-0.39, 0.29) is 5.56 Å². The summed E-state index contributed by atoms with van der Waals surface area (Å²) in [6.07, 6.45) is 1.50. The van der Waals surface area contributed by atoms with Crippen molar-refractivity contribution in [2.45, 2.75) is 27.3 Å². The number of amides is 1. The third-order valence-electron chi connectivity index (χ3n) is 4.08. The van der Waals surface area contributed by atoms with Crippen LogP contribution in [0.3, 0.4) is 0 Å². The van der Waals surface area contributed by atoms with E-state index in [1.807, 2.05) is 13.8 Å². The minimum absolute atomic E-state index is 0.000913. The van der Waals surface area contributed by atoms with Crippen LogP contribution in [0.15, 0.2) is 41.3 Å². The van der Waals surface area contributed by atoms with Crippen LogP contribution < -0.4 is 10.7 Å². The lowest BCUT2D eigenvalue weighted by Crippen LogP contribution is -2.24. The fourth-order valence-corrected chi connectivity index (χ4v) is 2.63. The van der Waals surface area contributed by atoms with Crippen LogP contribution >= 0.6 is 0 Å². The Morgan fingerprint density at radius 1 is 1.24 bits per heavy atom. The molecule has 25 heavy (non-hydrogen) atoms. The van der Waals surface area contributed by atoms with Crippen LogP contribution in [-0.4, -0.2) is 15.5 Å². The van der Waals surface area contributed by atoms with Crippen molar-refractivity contribution in [3.05, 3.63) is 69.4 Å². The number of nitrogens with zero attached hydrogens (tertiary/aromatic N) is 2. The number of aryl methyl sites for hydroxylation is 3. The average Bonchev–Trinajstić information content (AvgIpc) is 2.58. The van der Waals surface area contributed by atoms with Gasteiger partial charge in [-0.25, -0.2) is 9.37 Å². The largest absolute Gasteiger partial charge is 0.332 e. The van der Waals surface area contributed by atoms with E-state index < -0.39 is 17.2 Å². The average molecular weight is 339 g/mol. The smallest absolute Gasteiger partial charge is 0.261 e. The third kappa shape index (κ3) is 3.15. The zero-order chi connectivity index (χ0) is 18.1. The van der Waals surface area contributed by atoms with E-state index in [0.29, 0.717) is 28.8 Å². The number of carbonyl (C=O) groups is 1. The number of aromatic nitrogens is 2. The first-order chi connectivity index (χ1) is 11.9. The molecule has 2 aromatic heterocycles. The summed E-state index contributed by atoms with van der Waals surface area (Å²) in [6, 6.07) is 7.82. The maximum Gasteiger partial charge on any atom is 0.261 e. The Morgan fingerprint density at radius 3 is 2.68 bits per heavy atom. The minimum Gasteiger partial charge on any atom is -0.332 e. The summed E-state index contributed by atoms with van der Waals surface area (Å²) in [4.78, 5) is 29.6. The van der Waals surface area contributed by atoms with Gasteiger partial charge in [-0.15, -0.1) is 0 Å². The van der Waals surface area contributed by atoms with Crippen LogP contribution in [0, 0.1) is 19.7 Å². The molecule has 0 aliphatic heterocycles. The molecule has 1 N–H and O–H groups in total. The normalized spacial score (nSPS) is 10.9. The van der Waals surface area contributed by atoms with E-state index in [2.05, 4.69) is 10.3 Å². The molecule has 5 nitrogen and oxygen atoms in total. The van der Waals surface area contributed by atoms with Crippen molar-refractivity contribution in [3.8, 4) is 0 Å². The van der Waals surface area contributed by atoms with E-state index in [4.69, 9.17) is 0 Å². The quantitative estimate of drug-likeness (QED) is 0.795. The van der Waals surface area contributed by atoms with Gasteiger partial charge in [-0.1, -0.05) is 6.07 Å². The molecule has 0 atom stereocenters. The predicted octanol–water partition coefficient (Wildman–Crippen LogP) is 3.42. The number of pyridine rings is 2. The second-order valence-corrected chi connectivity index (χ2v) is 5.90. The number of benzene rings is 1. The number of fused-ring (bicyclic) bond motifs is 1. The van der Waals surface area contributed by atoms with Crippen molar-refractivity contribution in [2.75, 3.05) is 5.32 Å². The van der Waals surface area contributed by atoms with Crippen molar-refractivity contribution in [3.63, 3.8) is 0 Å². The van der Waals surface area contributed by atoms with Crippen LogP contribution in [0.5, 0.6) is 0 Å². The molecule has 0 fully saturated rings. The van der Waals surface area contributed by atoms with Gasteiger partial charge in [0.15, 0.2) is 0 Å². The molecule has 0 spiro atoms. The van der Waals surface area contributed by atoms with E-state index in [9.17, 15) is 14.0 Å². The molecule has 3 rings (SSSR count). The molecule has 2 heterocycles. The number of hydrogen-bond donors (Lipinski definition) is 1. The summed E-state index contributed by atoms with van der Waals surface area (Å²) < 4.78 is 15.4. The van der Waals surface area contributed by atoms with Gasteiger partial charge in [0.1, 0.15) is 17.0 Å². The highest BCUT2D eigenvalue weighted by atomic mass is 19.1. The van der Waals surface area contributed by atoms with Gasteiger partial charge in [0.2, 0.25) is 5.43 Å². The van der Waals surface area contributed by atoms with Crippen LogP contribution in [0.25, 0.3) is 11.0 Å². The lowest BCUT2D eigenvalue weighted by molar-refractivity contribution is 0.102. The second-order valence-electron chi connectivity index (χ2n) is 5.90. The molecule has 0 saturated heterocycles. The first-order valence-corrected chi connectivity index (χ1v) is 7.99. The molecule has 1 aromatic carbocycles. The van der Waals surface area contributed by atoms with Crippen molar-refractivity contribution in [1.82, 2.24) is 9.55 Å². The topological polar surface area (TPSA) is 64.0 Å². The highest BCUT2D eigenvalue weighted by Crippen LogP contribution is 2.15. The van der Waals surface area contributed by atoms with Crippen molar-refractivity contribution >= 4 is 22.6 Å². The van der Waals surface area contributed by atoms with Crippen LogP contribution in [-0.2, 0) is 6.54 Å². The number of anilines is 1. The Balaban J connectivity index is 2.07. The number of hydrogen-bond acceptors (Lipinski definition) is 3. The van der Waals surface area contributed by atoms with Gasteiger partial charge >= 0.3 is 0 Å². The van der Waals surface area contributed by atoms with Gasteiger partial charge in [0.25, 0.3) is 5.91 Å². The first kappa shape index (κ1) is 16.8. The van der Waals surface area contributed by atoms with Crippen LogP contribution in [0.1, 0.15) is 28.5 Å². The van der Waals surface area contributed by atoms with Gasteiger partial charge in [0, 0.05) is 24.1 Å². The summed E-state index contributed by atoms with van der Waals surface area (Å²) in [5.41, 5.74) is 1.74. The van der Waals surface area contributed by atoms with E-state index in [1.165, 1.54) is 12.3 Å². The Kier molecular flexibility index (Phi) is 4.35. The summed E-state index contributed by atoms with van der Waals surface area (Å²) in [5.74, 6) is -0.986. The summed E-state index contributed by atoms with van der Waals surface area (Å²) in [5, 5.41) is 2.97. The SMILES string of the molecule is CCn1cc(C(=O)Nc2ccc(C)c(F)c2)c(=O)c2ccc(C)nc21. The van der Waals surface area contributed by atoms with Gasteiger partial charge in [-0.05, 0) is 50.6 Å². The van der Waals surface area contributed by atoms with E-state index in [1.54, 1.807) is 35.8 Å². The summed E-state index contributed by atoms with van der Waals surface area (Å²) in [6.45, 7) is 5.95. The Labute approximate surface area is 144 Å². The zero-order valence-corrected chi connectivity index (χ0v) is 14.3. The first-order valence-electron chi connectivity index (χ1n) is 7.99. The highest BCUT2D eigenvalue weighted by molar-refractivity contribution is 6.05. The minimum atomic E-state index is -0.571. The Hall–Kier alpha value is -3.02. The second kappa shape index (κ2) is 6.47. The lowest BCUT2D eigenvalue weighted by Gasteiger charge is -2.12. The molecule has 0 radical (unpaired) electrons.